The van der Waals surface area contributed by atoms with Gasteiger partial charge in [0.1, 0.15) is 0 Å². The van der Waals surface area contributed by atoms with E-state index in [4.69, 9.17) is 4.74 Å². The summed E-state index contributed by atoms with van der Waals surface area (Å²) in [5.41, 5.74) is -0.698. The summed E-state index contributed by atoms with van der Waals surface area (Å²) < 4.78 is 4.90. The number of benzene rings is 1. The van der Waals surface area contributed by atoms with Crippen LogP contribution >= 0.6 is 0 Å². The fourth-order valence-electron chi connectivity index (χ4n) is 1.35. The number of esters is 1. The van der Waals surface area contributed by atoms with Gasteiger partial charge >= 0.3 is 5.97 Å². The third-order valence-corrected chi connectivity index (χ3v) is 2.28. The average molecular weight is 219 g/mol. The van der Waals surface area contributed by atoms with Gasteiger partial charge in [-0.25, -0.2) is 9.59 Å². The summed E-state index contributed by atoms with van der Waals surface area (Å²) in [5.74, 6) is -0.551. The van der Waals surface area contributed by atoms with Crippen LogP contribution in [0.5, 0.6) is 0 Å². The van der Waals surface area contributed by atoms with E-state index in [1.165, 1.54) is 13.0 Å². The number of ether oxygens (including phenoxy) is 1. The van der Waals surface area contributed by atoms with E-state index in [9.17, 15) is 9.59 Å². The molecule has 1 rings (SSSR count). The molecule has 0 fully saturated rings. The van der Waals surface area contributed by atoms with Crippen LogP contribution in [0.3, 0.4) is 0 Å². The van der Waals surface area contributed by atoms with Gasteiger partial charge in [0.05, 0.1) is 6.61 Å². The van der Waals surface area contributed by atoms with E-state index in [0.717, 1.165) is 0 Å². The molecule has 1 aromatic carbocycles. The van der Waals surface area contributed by atoms with Gasteiger partial charge in [-0.2, -0.15) is 4.99 Å². The Morgan fingerprint density at radius 2 is 2.06 bits per heavy atom. The first-order valence-corrected chi connectivity index (χ1v) is 4.97. The van der Waals surface area contributed by atoms with Gasteiger partial charge in [-0.15, -0.1) is 0 Å². The lowest BCUT2D eigenvalue weighted by Crippen LogP contribution is -2.32. The molecule has 0 saturated heterocycles. The minimum atomic E-state index is -1.31. The molecule has 4 heteroatoms. The minimum absolute atomic E-state index is 0.246. The molecule has 16 heavy (non-hydrogen) atoms. The summed E-state index contributed by atoms with van der Waals surface area (Å²) in [4.78, 5) is 25.7. The third-order valence-electron chi connectivity index (χ3n) is 2.28. The monoisotopic (exact) mass is 219 g/mol. The van der Waals surface area contributed by atoms with Crippen molar-refractivity contribution in [2.75, 3.05) is 6.61 Å². The highest BCUT2D eigenvalue weighted by molar-refractivity contribution is 5.83. The maximum atomic E-state index is 11.8. The standard InChI is InChI=1S/C12H13NO3/c1-3-16-11(15)12(2,13-9-14)10-7-5-4-6-8-10/h4-8H,3H2,1-2H3. The zero-order chi connectivity index (χ0) is 12.0. The van der Waals surface area contributed by atoms with Crippen LogP contribution in [0, 0.1) is 0 Å². The molecule has 0 N–H and O–H groups in total. The van der Waals surface area contributed by atoms with Crippen molar-refractivity contribution in [1.82, 2.24) is 0 Å². The molecule has 0 aromatic heterocycles. The maximum Gasteiger partial charge on any atom is 0.339 e. The number of nitrogens with zero attached hydrogens (tertiary/aromatic N) is 1. The van der Waals surface area contributed by atoms with E-state index in [1.54, 1.807) is 31.2 Å². The molecule has 0 aliphatic carbocycles. The molecule has 0 saturated carbocycles. The van der Waals surface area contributed by atoms with Crippen LogP contribution in [0.15, 0.2) is 35.3 Å². The summed E-state index contributed by atoms with van der Waals surface area (Å²) in [6.07, 6.45) is 1.42. The van der Waals surface area contributed by atoms with E-state index >= 15 is 0 Å². The molecule has 0 bridgehead atoms. The van der Waals surface area contributed by atoms with Gasteiger partial charge in [-0.05, 0) is 19.4 Å². The van der Waals surface area contributed by atoms with Crippen molar-refractivity contribution < 1.29 is 14.3 Å². The Kier molecular flexibility index (Phi) is 3.97. The van der Waals surface area contributed by atoms with Crippen LogP contribution in [0.25, 0.3) is 0 Å². The Morgan fingerprint density at radius 3 is 2.56 bits per heavy atom. The van der Waals surface area contributed by atoms with Crippen molar-refractivity contribution in [3.63, 3.8) is 0 Å². The zero-order valence-electron chi connectivity index (χ0n) is 9.27. The number of rotatable bonds is 4. The lowest BCUT2D eigenvalue weighted by molar-refractivity contribution is -0.149. The Hall–Kier alpha value is -1.93. The maximum absolute atomic E-state index is 11.8. The smallest absolute Gasteiger partial charge is 0.339 e. The molecule has 1 atom stereocenters. The summed E-state index contributed by atoms with van der Waals surface area (Å²) in [5, 5.41) is 0. The van der Waals surface area contributed by atoms with Crippen LogP contribution in [0.1, 0.15) is 19.4 Å². The highest BCUT2D eigenvalue weighted by Gasteiger charge is 2.36. The lowest BCUT2D eigenvalue weighted by Gasteiger charge is -2.21. The predicted molar refractivity (Wildman–Crippen MR) is 58.5 cm³/mol. The van der Waals surface area contributed by atoms with Crippen LogP contribution in [0.2, 0.25) is 0 Å². The van der Waals surface area contributed by atoms with Gasteiger partial charge < -0.3 is 4.74 Å². The largest absolute Gasteiger partial charge is 0.464 e. The van der Waals surface area contributed by atoms with E-state index in [2.05, 4.69) is 4.99 Å². The van der Waals surface area contributed by atoms with Gasteiger partial charge in [-0.1, -0.05) is 30.3 Å². The van der Waals surface area contributed by atoms with E-state index in [-0.39, 0.29) is 6.61 Å². The second-order valence-corrected chi connectivity index (χ2v) is 3.36. The Balaban J connectivity index is 3.16. The van der Waals surface area contributed by atoms with E-state index in [1.807, 2.05) is 6.07 Å². The summed E-state index contributed by atoms with van der Waals surface area (Å²) >= 11 is 0. The minimum Gasteiger partial charge on any atom is -0.464 e. The topological polar surface area (TPSA) is 55.7 Å². The quantitative estimate of drug-likeness (QED) is 0.441. The van der Waals surface area contributed by atoms with Crippen molar-refractivity contribution in [3.05, 3.63) is 35.9 Å². The van der Waals surface area contributed by atoms with Gasteiger partial charge in [0.15, 0.2) is 5.54 Å². The lowest BCUT2D eigenvalue weighted by atomic mass is 9.93. The van der Waals surface area contributed by atoms with Crippen molar-refractivity contribution in [2.45, 2.75) is 19.4 Å². The Morgan fingerprint density at radius 1 is 1.44 bits per heavy atom. The molecule has 0 radical (unpaired) electrons. The average Bonchev–Trinajstić information content (AvgIpc) is 2.30. The van der Waals surface area contributed by atoms with Crippen molar-refractivity contribution >= 4 is 12.0 Å². The van der Waals surface area contributed by atoms with Gasteiger partial charge in [0.2, 0.25) is 6.08 Å². The summed E-state index contributed by atoms with van der Waals surface area (Å²) in [6, 6.07) is 8.80. The fraction of sp³-hybridized carbons (Fsp3) is 0.333. The Bertz CT molecular complexity index is 410. The first kappa shape index (κ1) is 12.1. The van der Waals surface area contributed by atoms with Gasteiger partial charge in [0, 0.05) is 0 Å². The molecule has 0 aliphatic heterocycles. The number of aliphatic imine (C=N–C) groups is 1. The van der Waals surface area contributed by atoms with Crippen molar-refractivity contribution in [1.29, 1.82) is 0 Å². The highest BCUT2D eigenvalue weighted by atomic mass is 16.5. The second-order valence-electron chi connectivity index (χ2n) is 3.36. The number of hydrogen-bond donors (Lipinski definition) is 0. The summed E-state index contributed by atoms with van der Waals surface area (Å²) in [7, 11) is 0. The molecule has 0 aliphatic rings. The first-order chi connectivity index (χ1) is 7.65. The van der Waals surface area contributed by atoms with Gasteiger partial charge in [0.25, 0.3) is 0 Å². The van der Waals surface area contributed by atoms with Gasteiger partial charge in [-0.3, -0.25) is 0 Å². The van der Waals surface area contributed by atoms with Crippen LogP contribution in [-0.2, 0) is 19.9 Å². The SMILES string of the molecule is CCOC(=O)C(C)(N=C=O)c1ccccc1. The normalized spacial score (nSPS) is 13.4. The molecular weight excluding hydrogens is 206 g/mol. The molecule has 1 unspecified atom stereocenters. The third kappa shape index (κ3) is 2.35. The predicted octanol–water partition coefficient (Wildman–Crippen LogP) is 1.80. The zero-order valence-corrected chi connectivity index (χ0v) is 9.27. The molecule has 4 nitrogen and oxygen atoms in total. The molecule has 1 aromatic rings. The molecule has 0 heterocycles. The van der Waals surface area contributed by atoms with Crippen LogP contribution in [0.4, 0.5) is 0 Å². The second kappa shape index (κ2) is 5.24. The van der Waals surface area contributed by atoms with Crippen molar-refractivity contribution in [2.24, 2.45) is 4.99 Å². The highest BCUT2D eigenvalue weighted by Crippen LogP contribution is 2.26. The Labute approximate surface area is 94.0 Å². The van der Waals surface area contributed by atoms with E-state index in [0.29, 0.717) is 5.56 Å². The van der Waals surface area contributed by atoms with Crippen LogP contribution in [-0.4, -0.2) is 18.7 Å². The molecule has 0 amide bonds. The fourth-order valence-corrected chi connectivity index (χ4v) is 1.35. The number of carbonyl (C=O) groups is 1. The molecular formula is C12H13NO3. The number of hydrogen-bond acceptors (Lipinski definition) is 4. The first-order valence-electron chi connectivity index (χ1n) is 4.97. The van der Waals surface area contributed by atoms with Crippen LogP contribution < -0.4 is 0 Å². The van der Waals surface area contributed by atoms with Crippen molar-refractivity contribution in [3.8, 4) is 0 Å². The van der Waals surface area contributed by atoms with E-state index < -0.39 is 11.5 Å². The number of isocyanates is 1. The number of carbonyl (C=O) groups excluding carboxylic acids is 2. The summed E-state index contributed by atoms with van der Waals surface area (Å²) in [6.45, 7) is 3.48. The molecule has 0 spiro atoms. The molecule has 84 valence electrons.